The molecule has 0 atom stereocenters. The third-order valence-corrected chi connectivity index (χ3v) is 7.02. The van der Waals surface area contributed by atoms with Gasteiger partial charge in [0.1, 0.15) is 36.1 Å². The Hall–Kier alpha value is -4.32. The van der Waals surface area contributed by atoms with Crippen LogP contribution in [0, 0.1) is 28.8 Å². The second-order valence-electron chi connectivity index (χ2n) is 8.99. The number of carbonyl (C=O) groups is 1. The molecule has 2 saturated heterocycles. The number of nitriles is 1. The minimum atomic E-state index is -2.10. The summed E-state index contributed by atoms with van der Waals surface area (Å²) in [6.45, 7) is 3.46. The Kier molecular flexibility index (Phi) is 5.00. The quantitative estimate of drug-likeness (QED) is 0.251. The molecule has 9 heteroatoms. The second kappa shape index (κ2) is 8.12. The van der Waals surface area contributed by atoms with Gasteiger partial charge in [-0.1, -0.05) is 0 Å². The van der Waals surface area contributed by atoms with Crippen LogP contribution in [0.4, 0.5) is 18.9 Å². The summed E-state index contributed by atoms with van der Waals surface area (Å²) in [5, 5.41) is 22.4. The van der Waals surface area contributed by atoms with E-state index in [9.17, 15) is 23.9 Å². The molecule has 2 aromatic carbocycles. The van der Waals surface area contributed by atoms with E-state index in [0.29, 0.717) is 22.3 Å². The largest absolute Gasteiger partial charge is 0.545 e. The molecule has 0 aromatic heterocycles. The predicted octanol–water partition coefficient (Wildman–Crippen LogP) is 3.24. The molecule has 0 saturated carbocycles. The Balaban J connectivity index is 1.77. The van der Waals surface area contributed by atoms with E-state index in [2.05, 4.69) is 9.48 Å². The zero-order valence-electron chi connectivity index (χ0n) is 18.9. The minimum Gasteiger partial charge on any atom is -0.545 e. The van der Waals surface area contributed by atoms with Gasteiger partial charge in [-0.15, -0.1) is 0 Å². The molecule has 6 nitrogen and oxygen atoms in total. The summed E-state index contributed by atoms with van der Waals surface area (Å²) in [5.41, 5.74) is -1.77. The number of hydrogen-bond donors (Lipinski definition) is 0. The molecule has 3 heterocycles. The fourth-order valence-electron chi connectivity index (χ4n) is 4.86. The number of rotatable bonds is 3. The van der Waals surface area contributed by atoms with E-state index in [1.807, 2.05) is 0 Å². The van der Waals surface area contributed by atoms with E-state index in [1.165, 1.54) is 6.07 Å². The van der Waals surface area contributed by atoms with Crippen LogP contribution in [-0.4, -0.2) is 32.1 Å². The molecule has 6 rings (SSSR count). The first kappa shape index (κ1) is 22.2. The SMILES string of the molecule is N#Cc1c(F)c(F)c(C(=O)[O-])c(-c2c3ccc(=[N+]4CCC4)cc-3oc3cc(N4CCC4)ccc23)c1F. The van der Waals surface area contributed by atoms with E-state index in [-0.39, 0.29) is 5.56 Å². The Bertz CT molecular complexity index is 1680. The smallest absolute Gasteiger partial charge is 0.203 e. The van der Waals surface area contributed by atoms with Gasteiger partial charge in [0.05, 0.1) is 18.5 Å². The molecule has 2 aromatic rings. The first-order valence-electron chi connectivity index (χ1n) is 11.5. The van der Waals surface area contributed by atoms with E-state index < -0.39 is 40.1 Å². The standard InChI is InChI=1S/C27H18F3N3O3/c28-24-18(13-31)25(29)26(30)23(27(34)35)22(24)21-16-5-3-14(32-7-1-8-32)11-19(16)36-20-12-15(4-6-17(20)21)33-9-2-10-33/h3-6,11-12H,1-2,7-10H2. The van der Waals surface area contributed by atoms with Crippen molar-refractivity contribution >= 4 is 22.6 Å². The molecule has 2 fully saturated rings. The molecule has 0 unspecified atom stereocenters. The van der Waals surface area contributed by atoms with E-state index in [4.69, 9.17) is 4.42 Å². The van der Waals surface area contributed by atoms with E-state index in [0.717, 1.165) is 50.1 Å². The lowest BCUT2D eigenvalue weighted by atomic mass is 9.88. The van der Waals surface area contributed by atoms with E-state index >= 15 is 4.39 Å². The molecular weight excluding hydrogens is 471 g/mol. The number of benzene rings is 3. The molecule has 0 spiro atoms. The third-order valence-electron chi connectivity index (χ3n) is 7.02. The summed E-state index contributed by atoms with van der Waals surface area (Å²) in [7, 11) is 0. The molecule has 4 aliphatic rings. The topological polar surface area (TPSA) is 83.3 Å². The monoisotopic (exact) mass is 489 g/mol. The molecule has 0 N–H and O–H groups in total. The number of carbonyl (C=O) groups excluding carboxylic acids is 1. The van der Waals surface area contributed by atoms with Gasteiger partial charge in [0.15, 0.2) is 17.5 Å². The van der Waals surface area contributed by atoms with Crippen molar-refractivity contribution < 1.29 is 27.5 Å². The molecule has 180 valence electrons. The lowest BCUT2D eigenvalue weighted by Crippen LogP contribution is -2.40. The maximum atomic E-state index is 15.7. The van der Waals surface area contributed by atoms with Crippen molar-refractivity contribution in [3.8, 4) is 28.5 Å². The highest BCUT2D eigenvalue weighted by Crippen LogP contribution is 2.44. The summed E-state index contributed by atoms with van der Waals surface area (Å²) in [6.07, 6.45) is 2.09. The van der Waals surface area contributed by atoms with Crippen molar-refractivity contribution in [2.24, 2.45) is 0 Å². The van der Waals surface area contributed by atoms with E-state index in [1.54, 1.807) is 36.4 Å². The molecule has 0 amide bonds. The predicted molar refractivity (Wildman–Crippen MR) is 124 cm³/mol. The fourth-order valence-corrected chi connectivity index (χ4v) is 4.86. The van der Waals surface area contributed by atoms with Gasteiger partial charge in [0, 0.05) is 58.5 Å². The van der Waals surface area contributed by atoms with Gasteiger partial charge in [-0.05, 0) is 24.6 Å². The Morgan fingerprint density at radius 1 is 1.00 bits per heavy atom. The second-order valence-corrected chi connectivity index (χ2v) is 8.99. The first-order chi connectivity index (χ1) is 17.4. The van der Waals surface area contributed by atoms with Crippen molar-refractivity contribution in [3.63, 3.8) is 0 Å². The zero-order chi connectivity index (χ0) is 25.1. The Morgan fingerprint density at radius 2 is 1.78 bits per heavy atom. The number of nitrogens with zero attached hydrogens (tertiary/aromatic N) is 3. The molecule has 0 bridgehead atoms. The maximum Gasteiger partial charge on any atom is 0.203 e. The van der Waals surface area contributed by atoms with Gasteiger partial charge in [0.25, 0.3) is 0 Å². The van der Waals surface area contributed by atoms with Crippen LogP contribution in [0.1, 0.15) is 28.8 Å². The van der Waals surface area contributed by atoms with Gasteiger partial charge in [0.2, 0.25) is 5.36 Å². The number of anilines is 1. The lowest BCUT2D eigenvalue weighted by molar-refractivity contribution is -0.255. The summed E-state index contributed by atoms with van der Waals surface area (Å²) < 4.78 is 53.3. The van der Waals surface area contributed by atoms with Gasteiger partial charge in [-0.2, -0.15) is 5.26 Å². The van der Waals surface area contributed by atoms with Crippen molar-refractivity contribution in [3.05, 3.63) is 70.3 Å². The fraction of sp³-hybridized carbons (Fsp3) is 0.222. The van der Waals surface area contributed by atoms with Crippen molar-refractivity contribution in [2.45, 2.75) is 12.8 Å². The highest BCUT2D eigenvalue weighted by Gasteiger charge is 2.31. The molecule has 0 radical (unpaired) electrons. The zero-order valence-corrected chi connectivity index (χ0v) is 18.9. The molecule has 36 heavy (non-hydrogen) atoms. The van der Waals surface area contributed by atoms with Crippen LogP contribution in [0.5, 0.6) is 0 Å². The highest BCUT2D eigenvalue weighted by atomic mass is 19.2. The summed E-state index contributed by atoms with van der Waals surface area (Å²) >= 11 is 0. The molecule has 1 aliphatic carbocycles. The number of carboxylic acids is 1. The van der Waals surface area contributed by atoms with Crippen molar-refractivity contribution in [2.75, 3.05) is 31.1 Å². The Morgan fingerprint density at radius 3 is 2.39 bits per heavy atom. The maximum absolute atomic E-state index is 15.7. The minimum absolute atomic E-state index is 0.0105. The van der Waals surface area contributed by atoms with Crippen LogP contribution in [0.2, 0.25) is 0 Å². The van der Waals surface area contributed by atoms with Gasteiger partial charge >= 0.3 is 0 Å². The van der Waals surface area contributed by atoms with Crippen LogP contribution < -0.4 is 19.9 Å². The average molecular weight is 489 g/mol. The van der Waals surface area contributed by atoms with Crippen LogP contribution in [0.25, 0.3) is 33.4 Å². The molecular formula is C27H18F3N3O3. The molecule has 3 aliphatic heterocycles. The number of hydrogen-bond acceptors (Lipinski definition) is 5. The average Bonchev–Trinajstić information content (AvgIpc) is 2.78. The number of fused-ring (bicyclic) bond motifs is 2. The van der Waals surface area contributed by atoms with Crippen LogP contribution >= 0.6 is 0 Å². The summed E-state index contributed by atoms with van der Waals surface area (Å²) in [5.74, 6) is -6.97. The van der Waals surface area contributed by atoms with Crippen LogP contribution in [-0.2, 0) is 0 Å². The van der Waals surface area contributed by atoms with Gasteiger partial charge in [-0.3, -0.25) is 0 Å². The van der Waals surface area contributed by atoms with Crippen LogP contribution in [0.15, 0.2) is 40.8 Å². The number of aromatic carboxylic acids is 1. The lowest BCUT2D eigenvalue weighted by Gasteiger charge is -2.33. The van der Waals surface area contributed by atoms with Crippen molar-refractivity contribution in [1.29, 1.82) is 5.26 Å². The highest BCUT2D eigenvalue weighted by molar-refractivity contribution is 6.08. The third kappa shape index (κ3) is 3.18. The van der Waals surface area contributed by atoms with Crippen LogP contribution in [0.3, 0.4) is 0 Å². The number of halogens is 3. The summed E-state index contributed by atoms with van der Waals surface area (Å²) in [4.78, 5) is 14.1. The van der Waals surface area contributed by atoms with Gasteiger partial charge in [-0.25, -0.2) is 17.7 Å². The Labute approximate surface area is 203 Å². The summed E-state index contributed by atoms with van der Waals surface area (Å²) in [6, 6.07) is 11.7. The number of carboxylic acid groups (broad SMARTS) is 1. The van der Waals surface area contributed by atoms with Gasteiger partial charge < -0.3 is 19.2 Å². The van der Waals surface area contributed by atoms with Crippen molar-refractivity contribution in [1.82, 2.24) is 4.58 Å². The normalized spacial score (nSPS) is 15.1. The first-order valence-corrected chi connectivity index (χ1v) is 11.5.